The molecule has 0 aromatic heterocycles. The predicted octanol–water partition coefficient (Wildman–Crippen LogP) is 3.15. The third-order valence-corrected chi connectivity index (χ3v) is 1.09. The van der Waals surface area contributed by atoms with Crippen molar-refractivity contribution in [1.29, 1.82) is 0 Å². The van der Waals surface area contributed by atoms with Crippen molar-refractivity contribution >= 4 is 5.97 Å². The highest BCUT2D eigenvalue weighted by Crippen LogP contribution is 2.11. The minimum absolute atomic E-state index is 0.0486. The van der Waals surface area contributed by atoms with Crippen molar-refractivity contribution in [1.82, 2.24) is 0 Å². The fraction of sp³-hybridized carbons (Fsp3) is 0.900. The lowest BCUT2D eigenvalue weighted by Gasteiger charge is -1.95. The molecule has 1 heterocycles. The van der Waals surface area contributed by atoms with Crippen LogP contribution in [-0.2, 0) is 9.53 Å². The Bertz CT molecular complexity index is 100. The van der Waals surface area contributed by atoms with Crippen LogP contribution >= 0.6 is 0 Å². The highest BCUT2D eigenvalue weighted by atomic mass is 16.5. The summed E-state index contributed by atoms with van der Waals surface area (Å²) in [6, 6.07) is 0. The Balaban J connectivity index is 0. The number of ether oxygens (including phenoxy) is 1. The first kappa shape index (κ1) is 14.0. The zero-order valence-electron chi connectivity index (χ0n) is 9.02. The van der Waals surface area contributed by atoms with E-state index in [2.05, 4.69) is 13.8 Å². The second kappa shape index (κ2) is 10.5. The van der Waals surface area contributed by atoms with Gasteiger partial charge in [0.1, 0.15) is 0 Å². The van der Waals surface area contributed by atoms with Crippen molar-refractivity contribution < 1.29 is 9.53 Å². The third-order valence-electron chi connectivity index (χ3n) is 1.09. The SMILES string of the molecule is CC.CC1CCC(=O)O1.CCC. The summed E-state index contributed by atoms with van der Waals surface area (Å²) in [6.45, 7) is 10.2. The van der Waals surface area contributed by atoms with E-state index < -0.39 is 0 Å². The summed E-state index contributed by atoms with van der Waals surface area (Å²) in [6.07, 6.45) is 2.94. The topological polar surface area (TPSA) is 26.3 Å². The monoisotopic (exact) mass is 174 g/mol. The van der Waals surface area contributed by atoms with Gasteiger partial charge in [-0.2, -0.15) is 0 Å². The molecule has 1 rings (SSSR count). The first-order chi connectivity index (χ1) is 5.70. The minimum atomic E-state index is -0.0486. The molecule has 1 aliphatic rings. The number of hydrogen-bond acceptors (Lipinski definition) is 2. The Labute approximate surface area is 76.3 Å². The van der Waals surface area contributed by atoms with Crippen molar-refractivity contribution in [2.24, 2.45) is 0 Å². The second-order valence-corrected chi connectivity index (χ2v) is 2.55. The Morgan fingerprint density at radius 1 is 1.42 bits per heavy atom. The summed E-state index contributed by atoms with van der Waals surface area (Å²) < 4.78 is 4.72. The largest absolute Gasteiger partial charge is 0.463 e. The maximum atomic E-state index is 10.2. The van der Waals surface area contributed by atoms with Crippen molar-refractivity contribution in [2.75, 3.05) is 0 Å². The van der Waals surface area contributed by atoms with Crippen LogP contribution in [0.1, 0.15) is 53.9 Å². The lowest BCUT2D eigenvalue weighted by atomic mass is 10.3. The number of cyclic esters (lactones) is 1. The van der Waals surface area contributed by atoms with E-state index in [4.69, 9.17) is 4.74 Å². The fourth-order valence-electron chi connectivity index (χ4n) is 0.663. The summed E-state index contributed by atoms with van der Waals surface area (Å²) in [4.78, 5) is 10.2. The van der Waals surface area contributed by atoms with Gasteiger partial charge in [-0.05, 0) is 13.3 Å². The quantitative estimate of drug-likeness (QED) is 0.527. The van der Waals surface area contributed by atoms with Crippen LogP contribution in [-0.4, -0.2) is 12.1 Å². The van der Waals surface area contributed by atoms with Gasteiger partial charge in [0.15, 0.2) is 0 Å². The van der Waals surface area contributed by atoms with Crippen LogP contribution in [0.3, 0.4) is 0 Å². The smallest absolute Gasteiger partial charge is 0.306 e. The molecule has 0 saturated carbocycles. The zero-order chi connectivity index (χ0) is 9.98. The van der Waals surface area contributed by atoms with E-state index in [1.165, 1.54) is 6.42 Å². The third kappa shape index (κ3) is 9.47. The molecule has 0 spiro atoms. The summed E-state index contributed by atoms with van der Waals surface area (Å²) >= 11 is 0. The van der Waals surface area contributed by atoms with E-state index in [0.717, 1.165) is 6.42 Å². The molecule has 1 fully saturated rings. The standard InChI is InChI=1S/C5H8O2.C3H8.C2H6/c1-4-2-3-5(6)7-4;1-3-2;1-2/h4H,2-3H2,1H3;3H2,1-2H3;1-2H3. The lowest BCUT2D eigenvalue weighted by Crippen LogP contribution is -1.98. The van der Waals surface area contributed by atoms with E-state index in [9.17, 15) is 4.79 Å². The van der Waals surface area contributed by atoms with Gasteiger partial charge in [-0.15, -0.1) is 0 Å². The van der Waals surface area contributed by atoms with Crippen LogP contribution in [0.5, 0.6) is 0 Å². The second-order valence-electron chi connectivity index (χ2n) is 2.55. The molecule has 74 valence electrons. The fourth-order valence-corrected chi connectivity index (χ4v) is 0.663. The Hall–Kier alpha value is -0.530. The first-order valence-corrected chi connectivity index (χ1v) is 4.90. The van der Waals surface area contributed by atoms with Crippen LogP contribution in [0.25, 0.3) is 0 Å². The predicted molar refractivity (Wildman–Crippen MR) is 52.1 cm³/mol. The molecule has 0 aliphatic carbocycles. The number of hydrogen-bond donors (Lipinski definition) is 0. The molecule has 1 aliphatic heterocycles. The molecule has 0 aromatic rings. The molecule has 2 nitrogen and oxygen atoms in total. The number of esters is 1. The summed E-state index contributed by atoms with van der Waals surface area (Å²) in [5, 5.41) is 0. The maximum absolute atomic E-state index is 10.2. The summed E-state index contributed by atoms with van der Waals surface area (Å²) in [5.41, 5.74) is 0. The molecule has 0 bridgehead atoms. The van der Waals surface area contributed by atoms with Crippen molar-refractivity contribution in [3.63, 3.8) is 0 Å². The minimum Gasteiger partial charge on any atom is -0.463 e. The van der Waals surface area contributed by atoms with Gasteiger partial charge in [0.25, 0.3) is 0 Å². The van der Waals surface area contributed by atoms with E-state index in [-0.39, 0.29) is 12.1 Å². The highest BCUT2D eigenvalue weighted by Gasteiger charge is 2.17. The molecule has 1 atom stereocenters. The van der Waals surface area contributed by atoms with Crippen LogP contribution < -0.4 is 0 Å². The van der Waals surface area contributed by atoms with Crippen LogP contribution in [0.2, 0.25) is 0 Å². The molecule has 0 N–H and O–H groups in total. The van der Waals surface area contributed by atoms with E-state index >= 15 is 0 Å². The number of carbonyl (C=O) groups excluding carboxylic acids is 1. The lowest BCUT2D eigenvalue weighted by molar-refractivity contribution is -0.140. The van der Waals surface area contributed by atoms with Crippen molar-refractivity contribution in [3.05, 3.63) is 0 Å². The number of rotatable bonds is 0. The Kier molecular flexibility index (Phi) is 12.2. The van der Waals surface area contributed by atoms with Crippen LogP contribution in [0.15, 0.2) is 0 Å². The average Bonchev–Trinajstić information content (AvgIpc) is 2.40. The molecule has 2 heteroatoms. The number of carbonyl (C=O) groups is 1. The molecular formula is C10H22O2. The molecule has 0 radical (unpaired) electrons. The van der Waals surface area contributed by atoms with Crippen LogP contribution in [0, 0.1) is 0 Å². The molecule has 1 unspecified atom stereocenters. The van der Waals surface area contributed by atoms with Crippen molar-refractivity contribution in [2.45, 2.75) is 60.0 Å². The Morgan fingerprint density at radius 2 is 1.83 bits per heavy atom. The van der Waals surface area contributed by atoms with Gasteiger partial charge in [-0.1, -0.05) is 34.1 Å². The van der Waals surface area contributed by atoms with Crippen molar-refractivity contribution in [3.8, 4) is 0 Å². The maximum Gasteiger partial charge on any atom is 0.306 e. The van der Waals surface area contributed by atoms with Crippen LogP contribution in [0.4, 0.5) is 0 Å². The van der Waals surface area contributed by atoms with E-state index in [1.54, 1.807) is 0 Å². The van der Waals surface area contributed by atoms with E-state index in [1.807, 2.05) is 20.8 Å². The molecule has 12 heavy (non-hydrogen) atoms. The van der Waals surface area contributed by atoms with E-state index in [0.29, 0.717) is 6.42 Å². The van der Waals surface area contributed by atoms with Gasteiger partial charge in [-0.3, -0.25) is 4.79 Å². The molecule has 0 aromatic carbocycles. The van der Waals surface area contributed by atoms with Gasteiger partial charge in [0, 0.05) is 6.42 Å². The molecule has 0 amide bonds. The highest BCUT2D eigenvalue weighted by molar-refractivity contribution is 5.71. The van der Waals surface area contributed by atoms with Gasteiger partial charge < -0.3 is 4.74 Å². The molecular weight excluding hydrogens is 152 g/mol. The first-order valence-electron chi connectivity index (χ1n) is 4.90. The van der Waals surface area contributed by atoms with Gasteiger partial charge >= 0.3 is 5.97 Å². The molecule has 1 saturated heterocycles. The van der Waals surface area contributed by atoms with Gasteiger partial charge in [0.2, 0.25) is 0 Å². The average molecular weight is 174 g/mol. The summed E-state index contributed by atoms with van der Waals surface area (Å²) in [5.74, 6) is -0.0486. The summed E-state index contributed by atoms with van der Waals surface area (Å²) in [7, 11) is 0. The van der Waals surface area contributed by atoms with Gasteiger partial charge in [0.05, 0.1) is 6.10 Å². The van der Waals surface area contributed by atoms with Gasteiger partial charge in [-0.25, -0.2) is 0 Å². The Morgan fingerprint density at radius 3 is 1.92 bits per heavy atom. The normalized spacial score (nSPS) is 19.8. The zero-order valence-corrected chi connectivity index (χ0v) is 9.02.